The SMILES string of the molecule is CN(C1CCCCCC1)C(CN)c1ccc(Cl)c(F)c1. The van der Waals surface area contributed by atoms with Gasteiger partial charge < -0.3 is 5.73 Å². The van der Waals surface area contributed by atoms with E-state index in [-0.39, 0.29) is 16.9 Å². The van der Waals surface area contributed by atoms with Crippen molar-refractivity contribution in [2.24, 2.45) is 5.73 Å². The van der Waals surface area contributed by atoms with Gasteiger partial charge in [-0.2, -0.15) is 0 Å². The van der Waals surface area contributed by atoms with Crippen molar-refractivity contribution in [3.8, 4) is 0 Å². The summed E-state index contributed by atoms with van der Waals surface area (Å²) < 4.78 is 13.7. The van der Waals surface area contributed by atoms with Crippen LogP contribution >= 0.6 is 11.6 Å². The molecule has 2 rings (SSSR count). The van der Waals surface area contributed by atoms with E-state index >= 15 is 0 Å². The van der Waals surface area contributed by atoms with Gasteiger partial charge in [0.1, 0.15) is 5.82 Å². The lowest BCUT2D eigenvalue weighted by atomic mass is 10.0. The van der Waals surface area contributed by atoms with Crippen LogP contribution in [0.15, 0.2) is 18.2 Å². The molecule has 2 nitrogen and oxygen atoms in total. The fourth-order valence-corrected chi connectivity index (χ4v) is 3.29. The van der Waals surface area contributed by atoms with Crippen LogP contribution in [0.25, 0.3) is 0 Å². The lowest BCUT2D eigenvalue weighted by Crippen LogP contribution is -2.38. The zero-order valence-electron chi connectivity index (χ0n) is 12.1. The Kier molecular flexibility index (Phi) is 5.82. The minimum atomic E-state index is -0.364. The molecular formula is C16H24ClFN2. The number of hydrogen-bond donors (Lipinski definition) is 1. The van der Waals surface area contributed by atoms with Crippen molar-refractivity contribution in [1.82, 2.24) is 4.90 Å². The number of hydrogen-bond acceptors (Lipinski definition) is 2. The van der Waals surface area contributed by atoms with Crippen molar-refractivity contribution in [1.29, 1.82) is 0 Å². The summed E-state index contributed by atoms with van der Waals surface area (Å²) in [6, 6.07) is 5.63. The minimum Gasteiger partial charge on any atom is -0.329 e. The van der Waals surface area contributed by atoms with Crippen LogP contribution in [0.3, 0.4) is 0 Å². The highest BCUT2D eigenvalue weighted by atomic mass is 35.5. The third kappa shape index (κ3) is 3.72. The van der Waals surface area contributed by atoms with Crippen LogP contribution in [0.2, 0.25) is 5.02 Å². The summed E-state index contributed by atoms with van der Waals surface area (Å²) >= 11 is 5.76. The number of nitrogens with two attached hydrogens (primary N) is 1. The third-order valence-corrected chi connectivity index (χ3v) is 4.75. The average Bonchev–Trinajstić information content (AvgIpc) is 2.72. The summed E-state index contributed by atoms with van der Waals surface area (Å²) in [5, 5.41) is 0.168. The summed E-state index contributed by atoms with van der Waals surface area (Å²) in [6.07, 6.45) is 7.63. The number of rotatable bonds is 4. The summed E-state index contributed by atoms with van der Waals surface area (Å²) in [7, 11) is 2.11. The largest absolute Gasteiger partial charge is 0.329 e. The Hall–Kier alpha value is -0.640. The van der Waals surface area contributed by atoms with E-state index in [2.05, 4.69) is 11.9 Å². The summed E-state index contributed by atoms with van der Waals surface area (Å²) in [4.78, 5) is 2.33. The van der Waals surface area contributed by atoms with Gasteiger partial charge >= 0.3 is 0 Å². The van der Waals surface area contributed by atoms with E-state index in [1.54, 1.807) is 6.07 Å². The smallest absolute Gasteiger partial charge is 0.142 e. The molecule has 1 saturated carbocycles. The molecule has 20 heavy (non-hydrogen) atoms. The van der Waals surface area contributed by atoms with E-state index in [0.717, 1.165) is 5.56 Å². The van der Waals surface area contributed by atoms with Crippen LogP contribution < -0.4 is 5.73 Å². The number of likely N-dealkylation sites (N-methyl/N-ethyl adjacent to an activating group) is 1. The molecule has 0 spiro atoms. The predicted molar refractivity (Wildman–Crippen MR) is 82.5 cm³/mol. The van der Waals surface area contributed by atoms with E-state index in [4.69, 9.17) is 17.3 Å². The molecule has 0 aromatic heterocycles. The summed E-state index contributed by atoms with van der Waals surface area (Å²) in [6.45, 7) is 0.494. The third-order valence-electron chi connectivity index (χ3n) is 4.44. The van der Waals surface area contributed by atoms with Gasteiger partial charge in [0.15, 0.2) is 0 Å². The Bertz CT molecular complexity index is 430. The van der Waals surface area contributed by atoms with Crippen molar-refractivity contribution in [2.75, 3.05) is 13.6 Å². The van der Waals surface area contributed by atoms with Gasteiger partial charge in [0.05, 0.1) is 5.02 Å². The zero-order chi connectivity index (χ0) is 14.5. The van der Waals surface area contributed by atoms with Crippen molar-refractivity contribution in [3.63, 3.8) is 0 Å². The van der Waals surface area contributed by atoms with Crippen LogP contribution in [0, 0.1) is 5.82 Å². The lowest BCUT2D eigenvalue weighted by molar-refractivity contribution is 0.161. The Morgan fingerprint density at radius 3 is 2.50 bits per heavy atom. The van der Waals surface area contributed by atoms with Gasteiger partial charge in [-0.15, -0.1) is 0 Å². The highest BCUT2D eigenvalue weighted by Gasteiger charge is 2.24. The van der Waals surface area contributed by atoms with Crippen LogP contribution in [0.1, 0.15) is 50.1 Å². The highest BCUT2D eigenvalue weighted by molar-refractivity contribution is 6.30. The molecule has 0 saturated heterocycles. The van der Waals surface area contributed by atoms with Crippen molar-refractivity contribution < 1.29 is 4.39 Å². The first-order valence-corrected chi connectivity index (χ1v) is 7.88. The number of benzene rings is 1. The molecule has 1 aliphatic carbocycles. The molecule has 1 aromatic carbocycles. The molecule has 0 aliphatic heterocycles. The van der Waals surface area contributed by atoms with E-state index < -0.39 is 0 Å². The second kappa shape index (κ2) is 7.39. The average molecular weight is 299 g/mol. The molecule has 0 amide bonds. The Balaban J connectivity index is 2.15. The van der Waals surface area contributed by atoms with Gasteiger partial charge in [-0.1, -0.05) is 43.4 Å². The molecule has 1 unspecified atom stereocenters. The Labute approximate surface area is 126 Å². The van der Waals surface area contributed by atoms with Crippen molar-refractivity contribution in [2.45, 2.75) is 50.6 Å². The van der Waals surface area contributed by atoms with E-state index in [1.165, 1.54) is 44.6 Å². The van der Waals surface area contributed by atoms with E-state index in [0.29, 0.717) is 12.6 Å². The Morgan fingerprint density at radius 1 is 1.30 bits per heavy atom. The second-order valence-electron chi connectivity index (χ2n) is 5.74. The fourth-order valence-electron chi connectivity index (χ4n) is 3.18. The van der Waals surface area contributed by atoms with Crippen LogP contribution in [-0.4, -0.2) is 24.5 Å². The molecular weight excluding hydrogens is 275 g/mol. The first-order chi connectivity index (χ1) is 9.63. The molecule has 1 aliphatic rings. The first-order valence-electron chi connectivity index (χ1n) is 7.50. The van der Waals surface area contributed by atoms with Gasteiger partial charge in [0, 0.05) is 18.6 Å². The van der Waals surface area contributed by atoms with Gasteiger partial charge in [0.25, 0.3) is 0 Å². The van der Waals surface area contributed by atoms with Gasteiger partial charge in [-0.3, -0.25) is 4.90 Å². The molecule has 0 radical (unpaired) electrons. The van der Waals surface area contributed by atoms with Crippen molar-refractivity contribution in [3.05, 3.63) is 34.6 Å². The maximum atomic E-state index is 13.7. The second-order valence-corrected chi connectivity index (χ2v) is 6.14. The van der Waals surface area contributed by atoms with Gasteiger partial charge in [-0.25, -0.2) is 4.39 Å². The number of nitrogens with zero attached hydrogens (tertiary/aromatic N) is 1. The Morgan fingerprint density at radius 2 is 1.95 bits per heavy atom. The topological polar surface area (TPSA) is 29.3 Å². The van der Waals surface area contributed by atoms with Gasteiger partial charge in [-0.05, 0) is 37.6 Å². The fraction of sp³-hybridized carbons (Fsp3) is 0.625. The molecule has 4 heteroatoms. The number of halogens is 2. The van der Waals surface area contributed by atoms with Crippen molar-refractivity contribution >= 4 is 11.6 Å². The predicted octanol–water partition coefficient (Wildman–Crippen LogP) is 4.13. The zero-order valence-corrected chi connectivity index (χ0v) is 12.9. The maximum absolute atomic E-state index is 13.7. The molecule has 0 heterocycles. The molecule has 1 aromatic rings. The van der Waals surface area contributed by atoms with E-state index in [1.807, 2.05) is 6.07 Å². The van der Waals surface area contributed by atoms with E-state index in [9.17, 15) is 4.39 Å². The maximum Gasteiger partial charge on any atom is 0.142 e. The van der Waals surface area contributed by atoms with Gasteiger partial charge in [0.2, 0.25) is 0 Å². The molecule has 2 N–H and O–H groups in total. The van der Waals surface area contributed by atoms with Crippen LogP contribution in [0.5, 0.6) is 0 Å². The highest BCUT2D eigenvalue weighted by Crippen LogP contribution is 2.29. The summed E-state index contributed by atoms with van der Waals surface area (Å²) in [5.41, 5.74) is 6.86. The quantitative estimate of drug-likeness (QED) is 0.847. The first kappa shape index (κ1) is 15.7. The monoisotopic (exact) mass is 298 g/mol. The van der Waals surface area contributed by atoms with Crippen LogP contribution in [-0.2, 0) is 0 Å². The summed E-state index contributed by atoms with van der Waals surface area (Å²) in [5.74, 6) is -0.364. The molecule has 0 bridgehead atoms. The standard InChI is InChI=1S/C16H24ClFN2/c1-20(13-6-4-2-3-5-7-13)16(11-19)12-8-9-14(17)15(18)10-12/h8-10,13,16H,2-7,11,19H2,1H3. The molecule has 1 fully saturated rings. The van der Waals surface area contributed by atoms with Crippen LogP contribution in [0.4, 0.5) is 4.39 Å². The minimum absolute atomic E-state index is 0.0601. The molecule has 1 atom stereocenters. The molecule has 112 valence electrons. The lowest BCUT2D eigenvalue weighted by Gasteiger charge is -2.34. The normalized spacial score (nSPS) is 19.1.